The van der Waals surface area contributed by atoms with Gasteiger partial charge in [-0.25, -0.2) is 9.97 Å². The van der Waals surface area contributed by atoms with Gasteiger partial charge in [0.05, 0.1) is 11.9 Å². The van der Waals surface area contributed by atoms with Crippen molar-refractivity contribution in [1.29, 1.82) is 0 Å². The smallest absolute Gasteiger partial charge is 0.274 e. The van der Waals surface area contributed by atoms with E-state index in [4.69, 9.17) is 5.73 Å². The molecule has 7 nitrogen and oxygen atoms in total. The number of nitrogens with two attached hydrogens (primary N) is 1. The average Bonchev–Trinajstić information content (AvgIpc) is 2.56. The molecule has 1 aromatic carbocycles. The lowest BCUT2D eigenvalue weighted by Crippen LogP contribution is -2.46. The van der Waals surface area contributed by atoms with E-state index in [1.165, 1.54) is 6.20 Å². The van der Waals surface area contributed by atoms with E-state index in [1.54, 1.807) is 24.3 Å². The number of rotatable bonds is 3. The van der Waals surface area contributed by atoms with Gasteiger partial charge in [0.1, 0.15) is 5.75 Å². The molecule has 0 unspecified atom stereocenters. The van der Waals surface area contributed by atoms with Gasteiger partial charge in [-0.15, -0.1) is 0 Å². The Hall–Kier alpha value is -2.67. The topological polar surface area (TPSA) is 113 Å². The molecule has 1 saturated heterocycles. The van der Waals surface area contributed by atoms with E-state index in [1.807, 2.05) is 0 Å². The Labute approximate surface area is 134 Å². The van der Waals surface area contributed by atoms with Crippen molar-refractivity contribution < 1.29 is 9.90 Å². The quantitative estimate of drug-likeness (QED) is 0.670. The number of hydrogen-bond donors (Lipinski definition) is 4. The highest BCUT2D eigenvalue weighted by Crippen LogP contribution is 2.22. The number of hydrogen-bond acceptors (Lipinski definition) is 6. The number of aromatic hydroxyl groups is 1. The first kappa shape index (κ1) is 15.2. The Balaban J connectivity index is 1.83. The van der Waals surface area contributed by atoms with Crippen LogP contribution >= 0.6 is 0 Å². The SMILES string of the molecule is Nc1ncc(-c2cccc(O)c2)nc1C(=O)N[C@H]1CCCNC1. The third-order valence-electron chi connectivity index (χ3n) is 3.79. The standard InChI is InChI=1S/C16H19N5O2/c17-15-14(16(23)20-11-4-2-6-18-8-11)21-13(9-19-15)10-3-1-5-12(22)7-10/h1,3,5,7,9,11,18,22H,2,4,6,8H2,(H2,17,19)(H,20,23)/t11-/m0/s1. The van der Waals surface area contributed by atoms with Crippen LogP contribution in [0.25, 0.3) is 11.3 Å². The van der Waals surface area contributed by atoms with Crippen molar-refractivity contribution in [2.45, 2.75) is 18.9 Å². The fraction of sp³-hybridized carbons (Fsp3) is 0.312. The minimum atomic E-state index is -0.328. The van der Waals surface area contributed by atoms with Crippen LogP contribution in [0.1, 0.15) is 23.3 Å². The van der Waals surface area contributed by atoms with Crippen LogP contribution < -0.4 is 16.4 Å². The van der Waals surface area contributed by atoms with Crippen molar-refractivity contribution in [3.63, 3.8) is 0 Å². The highest BCUT2D eigenvalue weighted by atomic mass is 16.3. The summed E-state index contributed by atoms with van der Waals surface area (Å²) in [6, 6.07) is 6.69. The van der Waals surface area contributed by atoms with E-state index in [0.29, 0.717) is 11.3 Å². The van der Waals surface area contributed by atoms with Gasteiger partial charge in [-0.3, -0.25) is 4.79 Å². The molecule has 0 radical (unpaired) electrons. The van der Waals surface area contributed by atoms with Gasteiger partial charge in [0, 0.05) is 18.2 Å². The zero-order valence-corrected chi connectivity index (χ0v) is 12.6. The van der Waals surface area contributed by atoms with Gasteiger partial charge in [-0.2, -0.15) is 0 Å². The zero-order valence-electron chi connectivity index (χ0n) is 12.6. The van der Waals surface area contributed by atoms with E-state index in [9.17, 15) is 9.90 Å². The second-order valence-electron chi connectivity index (χ2n) is 5.56. The molecule has 1 atom stereocenters. The fourth-order valence-corrected chi connectivity index (χ4v) is 2.60. The maximum atomic E-state index is 12.4. The molecular weight excluding hydrogens is 294 g/mol. The summed E-state index contributed by atoms with van der Waals surface area (Å²) in [5.41, 5.74) is 7.07. The average molecular weight is 313 g/mol. The number of nitrogen functional groups attached to an aromatic ring is 1. The summed E-state index contributed by atoms with van der Waals surface area (Å²) in [7, 11) is 0. The van der Waals surface area contributed by atoms with Gasteiger partial charge < -0.3 is 21.5 Å². The third kappa shape index (κ3) is 3.57. The van der Waals surface area contributed by atoms with Crippen molar-refractivity contribution in [3.05, 3.63) is 36.2 Å². The van der Waals surface area contributed by atoms with Crippen LogP contribution in [-0.4, -0.2) is 40.1 Å². The number of phenols is 1. The fourth-order valence-electron chi connectivity index (χ4n) is 2.60. The number of nitrogens with one attached hydrogen (secondary N) is 2. The Morgan fingerprint density at radius 3 is 3.04 bits per heavy atom. The Morgan fingerprint density at radius 2 is 2.30 bits per heavy atom. The molecule has 3 rings (SSSR count). The normalized spacial score (nSPS) is 17.7. The number of amides is 1. The molecule has 0 bridgehead atoms. The summed E-state index contributed by atoms with van der Waals surface area (Å²) in [5, 5.41) is 15.7. The van der Waals surface area contributed by atoms with Gasteiger partial charge in [0.25, 0.3) is 5.91 Å². The minimum absolute atomic E-state index is 0.0712. The molecule has 0 spiro atoms. The number of anilines is 1. The second kappa shape index (κ2) is 6.62. The predicted octanol–water partition coefficient (Wildman–Crippen LogP) is 0.913. The van der Waals surface area contributed by atoms with Crippen LogP contribution in [0, 0.1) is 0 Å². The van der Waals surface area contributed by atoms with Crippen molar-refractivity contribution >= 4 is 11.7 Å². The van der Waals surface area contributed by atoms with Crippen LogP contribution in [0.5, 0.6) is 5.75 Å². The molecule has 5 N–H and O–H groups in total. The molecule has 120 valence electrons. The number of carbonyl (C=O) groups excluding carboxylic acids is 1. The number of piperidine rings is 1. The summed E-state index contributed by atoms with van der Waals surface area (Å²) in [6.45, 7) is 1.71. The van der Waals surface area contributed by atoms with Gasteiger partial charge in [0.15, 0.2) is 11.5 Å². The summed E-state index contributed by atoms with van der Waals surface area (Å²) in [6.07, 6.45) is 3.44. The lowest BCUT2D eigenvalue weighted by molar-refractivity contribution is 0.0926. The van der Waals surface area contributed by atoms with E-state index in [0.717, 1.165) is 25.9 Å². The largest absolute Gasteiger partial charge is 0.508 e. The van der Waals surface area contributed by atoms with Gasteiger partial charge >= 0.3 is 0 Å². The Morgan fingerprint density at radius 1 is 1.43 bits per heavy atom. The minimum Gasteiger partial charge on any atom is -0.508 e. The predicted molar refractivity (Wildman–Crippen MR) is 86.9 cm³/mol. The van der Waals surface area contributed by atoms with Crippen LogP contribution in [0.3, 0.4) is 0 Å². The van der Waals surface area contributed by atoms with Crippen molar-refractivity contribution in [3.8, 4) is 17.0 Å². The first-order chi connectivity index (χ1) is 11.1. The number of phenolic OH excluding ortho intramolecular Hbond substituents is 1. The summed E-state index contributed by atoms with van der Waals surface area (Å²) in [5.74, 6) is -0.110. The molecular formula is C16H19N5O2. The molecule has 1 aliphatic rings. The number of aromatic nitrogens is 2. The van der Waals surface area contributed by atoms with Gasteiger partial charge in [-0.1, -0.05) is 12.1 Å². The molecule has 2 aromatic rings. The van der Waals surface area contributed by atoms with Crippen molar-refractivity contribution in [1.82, 2.24) is 20.6 Å². The summed E-state index contributed by atoms with van der Waals surface area (Å²) in [4.78, 5) is 20.8. The van der Waals surface area contributed by atoms with Crippen LogP contribution in [0.15, 0.2) is 30.5 Å². The summed E-state index contributed by atoms with van der Waals surface area (Å²) >= 11 is 0. The van der Waals surface area contributed by atoms with E-state index in [-0.39, 0.29) is 29.2 Å². The molecule has 1 aromatic heterocycles. The van der Waals surface area contributed by atoms with E-state index in [2.05, 4.69) is 20.6 Å². The highest BCUT2D eigenvalue weighted by molar-refractivity contribution is 5.97. The second-order valence-corrected chi connectivity index (χ2v) is 5.56. The van der Waals surface area contributed by atoms with E-state index < -0.39 is 0 Å². The van der Waals surface area contributed by atoms with E-state index >= 15 is 0 Å². The van der Waals surface area contributed by atoms with Crippen LogP contribution in [-0.2, 0) is 0 Å². The van der Waals surface area contributed by atoms with Crippen LogP contribution in [0.4, 0.5) is 5.82 Å². The van der Waals surface area contributed by atoms with Crippen molar-refractivity contribution in [2.75, 3.05) is 18.8 Å². The third-order valence-corrected chi connectivity index (χ3v) is 3.79. The molecule has 0 aliphatic carbocycles. The van der Waals surface area contributed by atoms with Crippen LogP contribution in [0.2, 0.25) is 0 Å². The first-order valence-corrected chi connectivity index (χ1v) is 7.57. The monoisotopic (exact) mass is 313 g/mol. The lowest BCUT2D eigenvalue weighted by Gasteiger charge is -2.23. The van der Waals surface area contributed by atoms with Gasteiger partial charge in [0.2, 0.25) is 0 Å². The molecule has 1 aliphatic heterocycles. The Bertz CT molecular complexity index is 713. The molecule has 2 heterocycles. The maximum Gasteiger partial charge on any atom is 0.274 e. The zero-order chi connectivity index (χ0) is 16.2. The van der Waals surface area contributed by atoms with Crippen molar-refractivity contribution in [2.24, 2.45) is 0 Å². The molecule has 23 heavy (non-hydrogen) atoms. The van der Waals surface area contributed by atoms with Gasteiger partial charge in [-0.05, 0) is 31.5 Å². The molecule has 1 fully saturated rings. The Kier molecular flexibility index (Phi) is 4.38. The summed E-state index contributed by atoms with van der Waals surface area (Å²) < 4.78 is 0. The maximum absolute atomic E-state index is 12.4. The first-order valence-electron chi connectivity index (χ1n) is 7.57. The highest BCUT2D eigenvalue weighted by Gasteiger charge is 2.20. The molecule has 0 saturated carbocycles. The molecule has 1 amide bonds. The number of carbonyl (C=O) groups is 1. The number of benzene rings is 1. The molecule has 7 heteroatoms. The lowest BCUT2D eigenvalue weighted by atomic mass is 10.1. The number of nitrogens with zero attached hydrogens (tertiary/aromatic N) is 2.